The van der Waals surface area contributed by atoms with Gasteiger partial charge in [0.25, 0.3) is 0 Å². The number of rotatable bonds is 5. The molecule has 0 radical (unpaired) electrons. The normalized spacial score (nSPS) is 34.3. The van der Waals surface area contributed by atoms with E-state index >= 15 is 0 Å². The Morgan fingerprint density at radius 3 is 2.91 bits per heavy atom. The first kappa shape index (κ1) is 17.6. The summed E-state index contributed by atoms with van der Waals surface area (Å²) in [5.41, 5.74) is 2.31. The molecular formula is C16H22N2O5. The zero-order valence-electron chi connectivity index (χ0n) is 13.0. The number of likely N-dealkylation sites (N-methyl/N-ethyl adjacent to an activating group) is 1. The minimum Gasteiger partial charge on any atom is -0.392 e. The zero-order chi connectivity index (χ0) is 17.0. The first-order chi connectivity index (χ1) is 11.0. The molecule has 2 heterocycles. The molecule has 1 unspecified atom stereocenters. The fourth-order valence-corrected chi connectivity index (χ4v) is 2.61. The highest BCUT2D eigenvalue weighted by molar-refractivity contribution is 5.79. The van der Waals surface area contributed by atoms with Crippen LogP contribution in [0.4, 0.5) is 0 Å². The van der Waals surface area contributed by atoms with Gasteiger partial charge in [0, 0.05) is 6.20 Å². The fourth-order valence-electron chi connectivity index (χ4n) is 2.61. The van der Waals surface area contributed by atoms with Gasteiger partial charge in [-0.15, -0.1) is 12.3 Å². The quantitative estimate of drug-likeness (QED) is 0.397. The number of aliphatic hydroxyl groups excluding tert-OH is 3. The lowest BCUT2D eigenvalue weighted by Crippen LogP contribution is -2.55. The second-order valence-electron chi connectivity index (χ2n) is 5.43. The standard InChI is InChI=1S/C16H22N2O5/c1-3-5-11-6-4-7-12(20)18(9-8-11)15-13(21)14(22)16(10-19,17-2)23-15/h3-4,8-9,13-15,17,19,21-22H,1,5,7,10H2,2H3/t6?,13-,14+,15+,16?/m0/s1. The molecule has 0 aromatic rings. The summed E-state index contributed by atoms with van der Waals surface area (Å²) < 4.78 is 5.60. The highest BCUT2D eigenvalue weighted by Crippen LogP contribution is 2.31. The van der Waals surface area contributed by atoms with Gasteiger partial charge >= 0.3 is 0 Å². The minimum atomic E-state index is -1.52. The Hall–Kier alpha value is -1.73. The van der Waals surface area contributed by atoms with Gasteiger partial charge < -0.3 is 20.1 Å². The summed E-state index contributed by atoms with van der Waals surface area (Å²) in [5.74, 6) is -0.313. The topological polar surface area (TPSA) is 102 Å². The Kier molecular flexibility index (Phi) is 5.54. The van der Waals surface area contributed by atoms with E-state index in [9.17, 15) is 20.1 Å². The van der Waals surface area contributed by atoms with Crippen LogP contribution in [0.5, 0.6) is 0 Å². The van der Waals surface area contributed by atoms with Gasteiger partial charge in [-0.3, -0.25) is 15.0 Å². The molecule has 2 rings (SSSR count). The van der Waals surface area contributed by atoms with Gasteiger partial charge in [-0.25, -0.2) is 0 Å². The van der Waals surface area contributed by atoms with Crippen molar-refractivity contribution in [2.24, 2.45) is 0 Å². The summed E-state index contributed by atoms with van der Waals surface area (Å²) >= 11 is 0. The monoisotopic (exact) mass is 322 g/mol. The van der Waals surface area contributed by atoms with E-state index < -0.39 is 30.8 Å². The number of hydrogen-bond donors (Lipinski definition) is 4. The molecule has 4 atom stereocenters. The molecule has 7 nitrogen and oxygen atoms in total. The molecule has 0 bridgehead atoms. The summed E-state index contributed by atoms with van der Waals surface area (Å²) in [6, 6.07) is 0. The van der Waals surface area contributed by atoms with Crippen molar-refractivity contribution < 1.29 is 24.9 Å². The molecular weight excluding hydrogens is 300 g/mol. The molecule has 1 saturated heterocycles. The number of aliphatic hydroxyl groups is 3. The van der Waals surface area contributed by atoms with Crippen LogP contribution >= 0.6 is 0 Å². The van der Waals surface area contributed by atoms with E-state index in [0.717, 1.165) is 5.57 Å². The van der Waals surface area contributed by atoms with Gasteiger partial charge in [-0.1, -0.05) is 6.08 Å². The van der Waals surface area contributed by atoms with Crippen molar-refractivity contribution in [2.75, 3.05) is 13.7 Å². The first-order valence-electron chi connectivity index (χ1n) is 7.37. The van der Waals surface area contributed by atoms with Crippen molar-refractivity contribution >= 4 is 5.91 Å². The lowest BCUT2D eigenvalue weighted by atomic mass is 10.0. The Morgan fingerprint density at radius 1 is 1.61 bits per heavy atom. The van der Waals surface area contributed by atoms with Crippen LogP contribution < -0.4 is 5.32 Å². The molecule has 1 fully saturated rings. The lowest BCUT2D eigenvalue weighted by Gasteiger charge is -2.31. The fraction of sp³-hybridized carbons (Fsp3) is 0.500. The summed E-state index contributed by atoms with van der Waals surface area (Å²) in [4.78, 5) is 13.5. The molecule has 23 heavy (non-hydrogen) atoms. The predicted octanol–water partition coefficient (Wildman–Crippen LogP) is -0.624. The average molecular weight is 322 g/mol. The van der Waals surface area contributed by atoms with E-state index in [1.807, 2.05) is 0 Å². The van der Waals surface area contributed by atoms with Crippen LogP contribution in [0.3, 0.4) is 0 Å². The summed E-state index contributed by atoms with van der Waals surface area (Å²) in [6.07, 6.45) is 3.31. The van der Waals surface area contributed by atoms with Gasteiger partial charge in [0.1, 0.15) is 12.2 Å². The minimum absolute atomic E-state index is 0.0827. The number of nitrogens with zero attached hydrogens (tertiary/aromatic N) is 1. The van der Waals surface area contributed by atoms with E-state index in [1.54, 1.807) is 18.2 Å². The number of hydrogen-bond acceptors (Lipinski definition) is 6. The third-order valence-electron chi connectivity index (χ3n) is 4.01. The van der Waals surface area contributed by atoms with Gasteiger partial charge in [-0.2, -0.15) is 0 Å². The van der Waals surface area contributed by atoms with Crippen LogP contribution in [0.1, 0.15) is 12.8 Å². The molecule has 0 aliphatic carbocycles. The van der Waals surface area contributed by atoms with Crippen LogP contribution in [-0.4, -0.2) is 63.9 Å². The largest absolute Gasteiger partial charge is 0.392 e. The summed E-state index contributed by atoms with van der Waals surface area (Å²) in [6.45, 7) is 3.11. The SMILES string of the molecule is C=CCC1=C=CCC(=O)N([C@@H]2OC(CO)(NC)[C@H](O)[C@@H]2O)C=C1. The van der Waals surface area contributed by atoms with Gasteiger partial charge in [0.05, 0.1) is 13.0 Å². The Morgan fingerprint density at radius 2 is 2.35 bits per heavy atom. The van der Waals surface area contributed by atoms with E-state index in [4.69, 9.17) is 4.74 Å². The smallest absolute Gasteiger partial charge is 0.233 e. The average Bonchev–Trinajstić information content (AvgIpc) is 2.79. The van der Waals surface area contributed by atoms with E-state index in [-0.39, 0.29) is 12.3 Å². The first-order valence-corrected chi connectivity index (χ1v) is 7.37. The van der Waals surface area contributed by atoms with Crippen LogP contribution in [-0.2, 0) is 9.53 Å². The van der Waals surface area contributed by atoms with Crippen LogP contribution in [0.2, 0.25) is 0 Å². The maximum atomic E-state index is 12.3. The van der Waals surface area contributed by atoms with Crippen LogP contribution in [0, 0.1) is 0 Å². The lowest BCUT2D eigenvalue weighted by molar-refractivity contribution is -0.166. The molecule has 2 aliphatic heterocycles. The Bertz CT molecular complexity index is 561. The number of nitrogens with one attached hydrogen (secondary N) is 1. The maximum Gasteiger partial charge on any atom is 0.233 e. The van der Waals surface area contributed by atoms with Crippen molar-refractivity contribution in [3.63, 3.8) is 0 Å². The zero-order valence-corrected chi connectivity index (χ0v) is 13.0. The Balaban J connectivity index is 2.28. The molecule has 4 N–H and O–H groups in total. The Labute approximate surface area is 134 Å². The molecule has 0 aromatic carbocycles. The summed E-state index contributed by atoms with van der Waals surface area (Å²) in [5, 5.41) is 32.6. The van der Waals surface area contributed by atoms with E-state index in [0.29, 0.717) is 6.42 Å². The predicted molar refractivity (Wildman–Crippen MR) is 82.8 cm³/mol. The van der Waals surface area contributed by atoms with Crippen molar-refractivity contribution in [1.82, 2.24) is 10.2 Å². The molecule has 1 amide bonds. The van der Waals surface area contributed by atoms with Crippen molar-refractivity contribution in [3.8, 4) is 0 Å². The van der Waals surface area contributed by atoms with E-state index in [1.165, 1.54) is 18.1 Å². The maximum absolute atomic E-state index is 12.3. The number of allylic oxidation sites excluding steroid dienone is 2. The molecule has 0 spiro atoms. The van der Waals surface area contributed by atoms with Crippen molar-refractivity contribution in [1.29, 1.82) is 0 Å². The van der Waals surface area contributed by atoms with Gasteiger partial charge in [0.2, 0.25) is 5.91 Å². The number of carbonyl (C=O) groups excluding carboxylic acids is 1. The number of carbonyl (C=O) groups is 1. The van der Waals surface area contributed by atoms with Crippen LogP contribution in [0.15, 0.2) is 42.3 Å². The van der Waals surface area contributed by atoms with Crippen molar-refractivity contribution in [2.45, 2.75) is 37.0 Å². The molecule has 7 heteroatoms. The molecule has 126 valence electrons. The third-order valence-corrected chi connectivity index (χ3v) is 4.01. The van der Waals surface area contributed by atoms with E-state index in [2.05, 4.69) is 17.6 Å². The number of ether oxygens (including phenoxy) is 1. The van der Waals surface area contributed by atoms with Gasteiger partial charge in [0.15, 0.2) is 12.0 Å². The second kappa shape index (κ2) is 7.23. The second-order valence-corrected chi connectivity index (χ2v) is 5.43. The molecule has 0 aromatic heterocycles. The van der Waals surface area contributed by atoms with Crippen LogP contribution in [0.25, 0.3) is 0 Å². The van der Waals surface area contributed by atoms with Gasteiger partial charge in [-0.05, 0) is 31.2 Å². The number of amides is 1. The highest BCUT2D eigenvalue weighted by atomic mass is 16.6. The third kappa shape index (κ3) is 3.30. The highest BCUT2D eigenvalue weighted by Gasteiger charge is 2.55. The summed E-state index contributed by atoms with van der Waals surface area (Å²) in [7, 11) is 1.49. The molecule has 0 saturated carbocycles. The molecule has 2 aliphatic rings. The van der Waals surface area contributed by atoms with Crippen molar-refractivity contribution in [3.05, 3.63) is 42.3 Å².